The standard InChI is InChI=1S/C15H28N2O2/c1-15(2,3)19-14(18)17-9-7-12(8-10-17)13(16-4)11-5-6-11/h11-13,16H,5-10H2,1-4H3. The molecule has 19 heavy (non-hydrogen) atoms. The van der Waals surface area contributed by atoms with Gasteiger partial charge in [-0.2, -0.15) is 0 Å². The van der Waals surface area contributed by atoms with E-state index in [1.807, 2.05) is 25.7 Å². The van der Waals surface area contributed by atoms with Gasteiger partial charge >= 0.3 is 6.09 Å². The first kappa shape index (κ1) is 14.6. The number of nitrogens with one attached hydrogen (secondary N) is 1. The van der Waals surface area contributed by atoms with Gasteiger partial charge in [-0.1, -0.05) is 0 Å². The number of amides is 1. The molecule has 0 aromatic heterocycles. The first-order valence-corrected chi connectivity index (χ1v) is 7.56. The summed E-state index contributed by atoms with van der Waals surface area (Å²) >= 11 is 0. The second-order valence-electron chi connectivity index (χ2n) is 6.96. The molecule has 1 heterocycles. The minimum atomic E-state index is -0.393. The van der Waals surface area contributed by atoms with Crippen molar-refractivity contribution in [1.29, 1.82) is 0 Å². The van der Waals surface area contributed by atoms with Crippen LogP contribution in [0.1, 0.15) is 46.5 Å². The first-order chi connectivity index (χ1) is 8.90. The van der Waals surface area contributed by atoms with Gasteiger partial charge in [0, 0.05) is 19.1 Å². The van der Waals surface area contributed by atoms with E-state index in [0.29, 0.717) is 6.04 Å². The zero-order valence-electron chi connectivity index (χ0n) is 12.7. The van der Waals surface area contributed by atoms with E-state index in [1.165, 1.54) is 12.8 Å². The topological polar surface area (TPSA) is 41.6 Å². The van der Waals surface area contributed by atoms with Crippen molar-refractivity contribution in [2.75, 3.05) is 20.1 Å². The Morgan fingerprint density at radius 2 is 1.68 bits per heavy atom. The van der Waals surface area contributed by atoms with E-state index in [9.17, 15) is 4.79 Å². The highest BCUT2D eigenvalue weighted by Crippen LogP contribution is 2.38. The van der Waals surface area contributed by atoms with Crippen LogP contribution >= 0.6 is 0 Å². The molecule has 1 aliphatic heterocycles. The van der Waals surface area contributed by atoms with Crippen molar-refractivity contribution < 1.29 is 9.53 Å². The third kappa shape index (κ3) is 4.10. The highest BCUT2D eigenvalue weighted by Gasteiger charge is 2.37. The van der Waals surface area contributed by atoms with Gasteiger partial charge in [-0.25, -0.2) is 4.79 Å². The Kier molecular flexibility index (Phi) is 4.39. The summed E-state index contributed by atoms with van der Waals surface area (Å²) in [5.41, 5.74) is -0.393. The van der Waals surface area contributed by atoms with Crippen LogP contribution in [0.3, 0.4) is 0 Å². The summed E-state index contributed by atoms with van der Waals surface area (Å²) in [6, 6.07) is 0.654. The molecule has 1 atom stereocenters. The molecule has 2 rings (SSSR count). The van der Waals surface area contributed by atoms with E-state index in [0.717, 1.165) is 37.8 Å². The van der Waals surface area contributed by atoms with Gasteiger partial charge in [0.15, 0.2) is 0 Å². The van der Waals surface area contributed by atoms with Crippen LogP contribution in [0.15, 0.2) is 0 Å². The molecule has 1 N–H and O–H groups in total. The lowest BCUT2D eigenvalue weighted by molar-refractivity contribution is 0.0166. The van der Waals surface area contributed by atoms with Gasteiger partial charge in [-0.05, 0) is 65.3 Å². The fraction of sp³-hybridized carbons (Fsp3) is 0.933. The van der Waals surface area contributed by atoms with E-state index in [-0.39, 0.29) is 6.09 Å². The number of ether oxygens (including phenoxy) is 1. The van der Waals surface area contributed by atoms with E-state index >= 15 is 0 Å². The summed E-state index contributed by atoms with van der Waals surface area (Å²) in [7, 11) is 2.07. The van der Waals surface area contributed by atoms with Crippen LogP contribution in [0, 0.1) is 11.8 Å². The van der Waals surface area contributed by atoms with Crippen molar-refractivity contribution in [1.82, 2.24) is 10.2 Å². The summed E-state index contributed by atoms with van der Waals surface area (Å²) in [6.07, 6.45) is 4.79. The van der Waals surface area contributed by atoms with Crippen molar-refractivity contribution in [3.8, 4) is 0 Å². The average molecular weight is 268 g/mol. The van der Waals surface area contributed by atoms with E-state index in [1.54, 1.807) is 0 Å². The molecule has 110 valence electrons. The SMILES string of the molecule is CNC(C1CC1)C1CCN(C(=O)OC(C)(C)C)CC1. The van der Waals surface area contributed by atoms with Gasteiger partial charge in [0.2, 0.25) is 0 Å². The monoisotopic (exact) mass is 268 g/mol. The van der Waals surface area contributed by atoms with Crippen molar-refractivity contribution in [2.45, 2.75) is 58.1 Å². The minimum Gasteiger partial charge on any atom is -0.444 e. The number of carbonyl (C=O) groups is 1. The molecule has 0 aromatic carbocycles. The molecule has 0 radical (unpaired) electrons. The van der Waals surface area contributed by atoms with Crippen LogP contribution < -0.4 is 5.32 Å². The molecule has 1 saturated carbocycles. The van der Waals surface area contributed by atoms with Crippen LogP contribution in [0.5, 0.6) is 0 Å². The molecule has 4 nitrogen and oxygen atoms in total. The van der Waals surface area contributed by atoms with Crippen LogP contribution in [-0.4, -0.2) is 42.8 Å². The molecule has 0 aromatic rings. The van der Waals surface area contributed by atoms with Crippen molar-refractivity contribution in [3.05, 3.63) is 0 Å². The number of likely N-dealkylation sites (tertiary alicyclic amines) is 1. The predicted octanol–water partition coefficient (Wildman–Crippen LogP) is 2.63. The molecule has 1 amide bonds. The van der Waals surface area contributed by atoms with Gasteiger partial charge in [-0.3, -0.25) is 0 Å². The summed E-state index contributed by atoms with van der Waals surface area (Å²) in [6.45, 7) is 7.43. The Labute approximate surface area is 116 Å². The third-order valence-electron chi connectivity index (χ3n) is 4.16. The highest BCUT2D eigenvalue weighted by atomic mass is 16.6. The molecule has 1 aliphatic carbocycles. The second-order valence-corrected chi connectivity index (χ2v) is 6.96. The Morgan fingerprint density at radius 1 is 1.16 bits per heavy atom. The Hall–Kier alpha value is -0.770. The van der Waals surface area contributed by atoms with Gasteiger partial charge in [-0.15, -0.1) is 0 Å². The number of carbonyl (C=O) groups excluding carboxylic acids is 1. The van der Waals surface area contributed by atoms with E-state index in [4.69, 9.17) is 4.74 Å². The number of hydrogen-bond acceptors (Lipinski definition) is 3. The smallest absolute Gasteiger partial charge is 0.410 e. The normalized spacial score (nSPS) is 23.3. The lowest BCUT2D eigenvalue weighted by atomic mass is 9.87. The van der Waals surface area contributed by atoms with Crippen LogP contribution in [0.2, 0.25) is 0 Å². The fourth-order valence-corrected chi connectivity index (χ4v) is 3.08. The largest absolute Gasteiger partial charge is 0.444 e. The quantitative estimate of drug-likeness (QED) is 0.855. The molecule has 4 heteroatoms. The molecule has 1 unspecified atom stereocenters. The third-order valence-corrected chi connectivity index (χ3v) is 4.16. The second kappa shape index (κ2) is 5.70. The molecule has 0 bridgehead atoms. The Bertz CT molecular complexity index is 313. The number of nitrogens with zero attached hydrogens (tertiary/aromatic N) is 1. The van der Waals surface area contributed by atoms with Gasteiger partial charge in [0.25, 0.3) is 0 Å². The number of hydrogen-bond donors (Lipinski definition) is 1. The van der Waals surface area contributed by atoms with Crippen LogP contribution in [0.4, 0.5) is 4.79 Å². The maximum Gasteiger partial charge on any atom is 0.410 e. The molecular weight excluding hydrogens is 240 g/mol. The lowest BCUT2D eigenvalue weighted by Crippen LogP contribution is -2.46. The summed E-state index contributed by atoms with van der Waals surface area (Å²) in [5, 5.41) is 3.48. The molecule has 1 saturated heterocycles. The predicted molar refractivity (Wildman–Crippen MR) is 76.1 cm³/mol. The van der Waals surface area contributed by atoms with Crippen LogP contribution in [-0.2, 0) is 4.74 Å². The molecular formula is C15H28N2O2. The lowest BCUT2D eigenvalue weighted by Gasteiger charge is -2.36. The fourth-order valence-electron chi connectivity index (χ4n) is 3.08. The van der Waals surface area contributed by atoms with Gasteiger partial charge < -0.3 is 15.0 Å². The van der Waals surface area contributed by atoms with Crippen molar-refractivity contribution in [3.63, 3.8) is 0 Å². The minimum absolute atomic E-state index is 0.154. The van der Waals surface area contributed by atoms with E-state index in [2.05, 4.69) is 12.4 Å². The summed E-state index contributed by atoms with van der Waals surface area (Å²) < 4.78 is 5.43. The van der Waals surface area contributed by atoms with Crippen molar-refractivity contribution >= 4 is 6.09 Å². The maximum absolute atomic E-state index is 12.0. The Balaban J connectivity index is 1.80. The highest BCUT2D eigenvalue weighted by molar-refractivity contribution is 5.68. The van der Waals surface area contributed by atoms with Crippen molar-refractivity contribution in [2.24, 2.45) is 11.8 Å². The molecule has 2 aliphatic rings. The average Bonchev–Trinajstić information content (AvgIpc) is 3.13. The van der Waals surface area contributed by atoms with Crippen LogP contribution in [0.25, 0.3) is 0 Å². The summed E-state index contributed by atoms with van der Waals surface area (Å²) in [4.78, 5) is 13.9. The maximum atomic E-state index is 12.0. The number of rotatable bonds is 3. The van der Waals surface area contributed by atoms with E-state index < -0.39 is 5.60 Å². The first-order valence-electron chi connectivity index (χ1n) is 7.56. The molecule has 2 fully saturated rings. The summed E-state index contributed by atoms with van der Waals surface area (Å²) in [5.74, 6) is 1.60. The van der Waals surface area contributed by atoms with Gasteiger partial charge in [0.1, 0.15) is 5.60 Å². The zero-order valence-corrected chi connectivity index (χ0v) is 12.7. The van der Waals surface area contributed by atoms with Gasteiger partial charge in [0.05, 0.1) is 0 Å². The number of piperidine rings is 1. The zero-order chi connectivity index (χ0) is 14.0. The molecule has 0 spiro atoms. The Morgan fingerprint density at radius 3 is 2.11 bits per heavy atom.